The van der Waals surface area contributed by atoms with Gasteiger partial charge in [0.1, 0.15) is 5.76 Å². The summed E-state index contributed by atoms with van der Waals surface area (Å²) in [5.74, 6) is 0.156. The zero-order valence-corrected chi connectivity index (χ0v) is 11.9. The molecule has 1 aromatic heterocycles. The van der Waals surface area contributed by atoms with Gasteiger partial charge in [0.15, 0.2) is 6.17 Å². The monoisotopic (exact) mass is 301 g/mol. The number of nitrogens with one attached hydrogen (secondary N) is 2. The highest BCUT2D eigenvalue weighted by atomic mass is 16.6. The van der Waals surface area contributed by atoms with Crippen molar-refractivity contribution in [2.45, 2.75) is 13.1 Å². The van der Waals surface area contributed by atoms with Crippen LogP contribution in [0, 0.1) is 0 Å². The van der Waals surface area contributed by atoms with Crippen LogP contribution in [0.5, 0.6) is 0 Å². The van der Waals surface area contributed by atoms with E-state index in [4.69, 9.17) is 9.15 Å². The standard InChI is InChI=1S/C15H15N3O4/c1-2-21-15(20)17-18-13(12-8-5-9-22-12)16-11-7-4-3-6-10(11)14(18)19/h3-9,13,16H,2H2,1H3,(H,17,20)/t13-/m1/s1. The number of benzene rings is 1. The number of anilines is 1. The van der Waals surface area contributed by atoms with Crippen LogP contribution >= 0.6 is 0 Å². The zero-order chi connectivity index (χ0) is 15.5. The van der Waals surface area contributed by atoms with Crippen molar-refractivity contribution in [1.82, 2.24) is 10.4 Å². The largest absolute Gasteiger partial charge is 0.465 e. The molecule has 1 aromatic carbocycles. The van der Waals surface area contributed by atoms with Crippen LogP contribution in [0.15, 0.2) is 47.1 Å². The first-order chi connectivity index (χ1) is 10.7. The second kappa shape index (κ2) is 5.80. The highest BCUT2D eigenvalue weighted by molar-refractivity contribution is 6.02. The maximum atomic E-state index is 12.6. The normalized spacial score (nSPS) is 16.7. The van der Waals surface area contributed by atoms with Gasteiger partial charge in [0.2, 0.25) is 0 Å². The van der Waals surface area contributed by atoms with Gasteiger partial charge >= 0.3 is 6.09 Å². The number of furan rings is 1. The minimum absolute atomic E-state index is 0.212. The lowest BCUT2D eigenvalue weighted by Gasteiger charge is -2.35. The van der Waals surface area contributed by atoms with Gasteiger partial charge in [0.25, 0.3) is 5.91 Å². The number of hydrogen-bond acceptors (Lipinski definition) is 5. The number of hydrogen-bond donors (Lipinski definition) is 2. The topological polar surface area (TPSA) is 83.8 Å². The Morgan fingerprint density at radius 1 is 1.36 bits per heavy atom. The van der Waals surface area contributed by atoms with E-state index >= 15 is 0 Å². The Morgan fingerprint density at radius 2 is 2.18 bits per heavy atom. The predicted octanol–water partition coefficient (Wildman–Crippen LogP) is 2.51. The van der Waals surface area contributed by atoms with Crippen LogP contribution in [0.3, 0.4) is 0 Å². The first kappa shape index (κ1) is 14.0. The molecule has 2 amide bonds. The second-order valence-corrected chi connectivity index (χ2v) is 4.62. The average Bonchev–Trinajstić information content (AvgIpc) is 3.04. The van der Waals surface area contributed by atoms with Gasteiger partial charge in [0, 0.05) is 5.69 Å². The Bertz CT molecular complexity index is 684. The average molecular weight is 301 g/mol. The molecular weight excluding hydrogens is 286 g/mol. The molecule has 2 heterocycles. The van der Waals surface area contributed by atoms with Gasteiger partial charge in [-0.2, -0.15) is 0 Å². The molecule has 7 heteroatoms. The number of nitrogens with zero attached hydrogens (tertiary/aromatic N) is 1. The van der Waals surface area contributed by atoms with Crippen LogP contribution in [0.4, 0.5) is 10.5 Å². The van der Waals surface area contributed by atoms with Crippen molar-refractivity contribution in [3.05, 3.63) is 54.0 Å². The van der Waals surface area contributed by atoms with Gasteiger partial charge in [-0.3, -0.25) is 4.79 Å². The lowest BCUT2D eigenvalue weighted by molar-refractivity contribution is 0.0479. The molecule has 7 nitrogen and oxygen atoms in total. The summed E-state index contributed by atoms with van der Waals surface area (Å²) in [6, 6.07) is 10.5. The summed E-state index contributed by atoms with van der Waals surface area (Å²) in [5.41, 5.74) is 3.59. The van der Waals surface area contributed by atoms with Crippen LogP contribution < -0.4 is 10.7 Å². The fraction of sp³-hybridized carbons (Fsp3) is 0.200. The Labute approximate surface area is 126 Å². The summed E-state index contributed by atoms with van der Waals surface area (Å²) in [6.45, 7) is 1.90. The molecule has 1 aliphatic heterocycles. The molecule has 0 aliphatic carbocycles. The van der Waals surface area contributed by atoms with Crippen LogP contribution in [-0.4, -0.2) is 23.6 Å². The highest BCUT2D eigenvalue weighted by Gasteiger charge is 2.35. The number of amides is 2. The van der Waals surface area contributed by atoms with Crippen molar-refractivity contribution in [2.24, 2.45) is 0 Å². The van der Waals surface area contributed by atoms with E-state index in [0.717, 1.165) is 0 Å². The van der Waals surface area contributed by atoms with Crippen LogP contribution in [0.1, 0.15) is 29.2 Å². The Hall–Kier alpha value is -2.96. The molecule has 0 saturated heterocycles. The van der Waals surface area contributed by atoms with Gasteiger partial charge < -0.3 is 14.5 Å². The second-order valence-electron chi connectivity index (χ2n) is 4.62. The molecule has 0 unspecified atom stereocenters. The fourth-order valence-corrected chi connectivity index (χ4v) is 2.28. The lowest BCUT2D eigenvalue weighted by atomic mass is 10.1. The third kappa shape index (κ3) is 2.48. The van der Waals surface area contributed by atoms with Crippen molar-refractivity contribution < 1.29 is 18.7 Å². The maximum Gasteiger partial charge on any atom is 0.426 e. The molecule has 3 rings (SSSR count). The van der Waals surface area contributed by atoms with Gasteiger partial charge in [-0.05, 0) is 31.2 Å². The van der Waals surface area contributed by atoms with Crippen molar-refractivity contribution in [3.63, 3.8) is 0 Å². The number of rotatable bonds is 3. The van der Waals surface area contributed by atoms with Crippen molar-refractivity contribution in [1.29, 1.82) is 0 Å². The highest BCUT2D eigenvalue weighted by Crippen LogP contribution is 2.31. The third-order valence-corrected chi connectivity index (χ3v) is 3.23. The quantitative estimate of drug-likeness (QED) is 0.910. The van der Waals surface area contributed by atoms with E-state index in [1.165, 1.54) is 11.3 Å². The van der Waals surface area contributed by atoms with E-state index in [9.17, 15) is 9.59 Å². The summed E-state index contributed by atoms with van der Waals surface area (Å²) in [4.78, 5) is 24.3. The summed E-state index contributed by atoms with van der Waals surface area (Å²) in [7, 11) is 0. The first-order valence-corrected chi connectivity index (χ1v) is 6.86. The van der Waals surface area contributed by atoms with Gasteiger partial charge in [0.05, 0.1) is 18.4 Å². The molecule has 0 spiro atoms. The number of ether oxygens (including phenoxy) is 1. The van der Waals surface area contributed by atoms with E-state index in [1.807, 2.05) is 6.07 Å². The number of fused-ring (bicyclic) bond motifs is 1. The molecule has 0 saturated carbocycles. The van der Waals surface area contributed by atoms with E-state index < -0.39 is 12.3 Å². The lowest BCUT2D eigenvalue weighted by Crippen LogP contribution is -2.52. The van der Waals surface area contributed by atoms with Gasteiger partial charge in [-0.15, -0.1) is 0 Å². The summed E-state index contributed by atoms with van der Waals surface area (Å²) < 4.78 is 10.2. The van der Waals surface area contributed by atoms with Gasteiger partial charge in [-0.1, -0.05) is 12.1 Å². The minimum Gasteiger partial charge on any atom is -0.465 e. The Kier molecular flexibility index (Phi) is 3.69. The SMILES string of the molecule is CCOC(=O)NN1C(=O)c2ccccc2N[C@H]1c1ccco1. The first-order valence-electron chi connectivity index (χ1n) is 6.86. The number of hydrazine groups is 1. The molecule has 0 radical (unpaired) electrons. The van der Waals surface area contributed by atoms with E-state index in [-0.39, 0.29) is 12.5 Å². The molecule has 2 N–H and O–H groups in total. The third-order valence-electron chi connectivity index (χ3n) is 3.23. The number of para-hydroxylation sites is 1. The van der Waals surface area contributed by atoms with E-state index in [0.29, 0.717) is 17.0 Å². The van der Waals surface area contributed by atoms with E-state index in [2.05, 4.69) is 10.7 Å². The molecule has 0 fully saturated rings. The van der Waals surface area contributed by atoms with Crippen molar-refractivity contribution in [2.75, 3.05) is 11.9 Å². The van der Waals surface area contributed by atoms with Crippen molar-refractivity contribution in [3.8, 4) is 0 Å². The smallest absolute Gasteiger partial charge is 0.426 e. The molecule has 114 valence electrons. The zero-order valence-electron chi connectivity index (χ0n) is 11.9. The van der Waals surface area contributed by atoms with Crippen LogP contribution in [-0.2, 0) is 4.74 Å². The fourth-order valence-electron chi connectivity index (χ4n) is 2.28. The summed E-state index contributed by atoms with van der Waals surface area (Å²) >= 11 is 0. The van der Waals surface area contributed by atoms with Crippen LogP contribution in [0.2, 0.25) is 0 Å². The van der Waals surface area contributed by atoms with E-state index in [1.54, 1.807) is 37.3 Å². The van der Waals surface area contributed by atoms with Crippen molar-refractivity contribution >= 4 is 17.7 Å². The molecule has 22 heavy (non-hydrogen) atoms. The Balaban J connectivity index is 1.95. The molecule has 1 atom stereocenters. The maximum absolute atomic E-state index is 12.6. The summed E-state index contributed by atoms with van der Waals surface area (Å²) in [5, 5.41) is 4.33. The predicted molar refractivity (Wildman–Crippen MR) is 77.8 cm³/mol. The number of carbonyl (C=O) groups is 2. The molecule has 0 bridgehead atoms. The van der Waals surface area contributed by atoms with Crippen LogP contribution in [0.25, 0.3) is 0 Å². The minimum atomic E-state index is -0.700. The Morgan fingerprint density at radius 3 is 2.91 bits per heavy atom. The molecule has 1 aliphatic rings. The summed E-state index contributed by atoms with van der Waals surface area (Å²) in [6.07, 6.45) is 0.153. The molecule has 2 aromatic rings. The number of carbonyl (C=O) groups excluding carboxylic acids is 2. The molecular formula is C15H15N3O4. The van der Waals surface area contributed by atoms with Gasteiger partial charge in [-0.25, -0.2) is 15.2 Å².